The van der Waals surface area contributed by atoms with Gasteiger partial charge in [0.15, 0.2) is 0 Å². The molecule has 0 radical (unpaired) electrons. The number of nitrogens with zero attached hydrogens (tertiary/aromatic N) is 2. The van der Waals surface area contributed by atoms with E-state index in [0.29, 0.717) is 18.7 Å². The topological polar surface area (TPSA) is 87.5 Å². The number of benzene rings is 1. The van der Waals surface area contributed by atoms with Gasteiger partial charge in [-0.25, -0.2) is 9.65 Å². The Morgan fingerprint density at radius 1 is 1.30 bits per heavy atom. The molecule has 6 nitrogen and oxygen atoms in total. The van der Waals surface area contributed by atoms with E-state index >= 15 is 0 Å². The highest BCUT2D eigenvalue weighted by atomic mass is 32.2. The van der Waals surface area contributed by atoms with Gasteiger partial charge in [-0.15, -0.1) is 0 Å². The summed E-state index contributed by atoms with van der Waals surface area (Å²) in [6.07, 6.45) is 1.21. The summed E-state index contributed by atoms with van der Waals surface area (Å²) < 4.78 is 78.6. The van der Waals surface area contributed by atoms with Crippen molar-refractivity contribution in [1.82, 2.24) is 0 Å². The average molecular weight is 404 g/mol. The normalized spacial score (nSPS) is 19.2. The van der Waals surface area contributed by atoms with E-state index in [2.05, 4.69) is 10.2 Å². The first-order valence-corrected chi connectivity index (χ1v) is 9.36. The zero-order chi connectivity index (χ0) is 20.2. The molecule has 144 valence electrons. The van der Waals surface area contributed by atoms with Crippen LogP contribution in [0.1, 0.15) is 18.4 Å². The zero-order valence-corrected chi connectivity index (χ0v) is 14.8. The number of amides is 1. The predicted octanol–water partition coefficient (Wildman–Crippen LogP) is 2.62. The highest BCUT2D eigenvalue weighted by Gasteiger charge is 2.54. The minimum atomic E-state index is -5.97. The third kappa shape index (κ3) is 2.94. The van der Waals surface area contributed by atoms with Gasteiger partial charge >= 0.3 is 15.6 Å². The second-order valence-electron chi connectivity index (χ2n) is 6.63. The number of halogens is 4. The fourth-order valence-corrected chi connectivity index (χ4v) is 4.21. The summed E-state index contributed by atoms with van der Waals surface area (Å²) in [5, 5.41) is 9.02. The molecule has 1 amide bonds. The van der Waals surface area contributed by atoms with Crippen LogP contribution >= 0.6 is 0 Å². The molecule has 0 bridgehead atoms. The Hall–Kier alpha value is -2.29. The van der Waals surface area contributed by atoms with E-state index in [1.54, 1.807) is 0 Å². The molecule has 27 heavy (non-hydrogen) atoms. The number of alkyl halides is 3. The fraction of sp³-hybridized carbons (Fsp3) is 0.467. The maximum Gasteiger partial charge on any atom is 0.534 e. The van der Waals surface area contributed by atoms with Crippen molar-refractivity contribution in [3.63, 3.8) is 0 Å². The van der Waals surface area contributed by atoms with E-state index in [1.807, 2.05) is 0 Å². The van der Waals surface area contributed by atoms with Gasteiger partial charge in [0, 0.05) is 30.7 Å². The molecule has 2 aliphatic heterocycles. The number of hydrogen-bond acceptors (Lipinski definition) is 5. The second kappa shape index (κ2) is 6.12. The quantitative estimate of drug-likeness (QED) is 0.327. The van der Waals surface area contributed by atoms with Crippen LogP contribution in [0.2, 0.25) is 12.6 Å². The summed E-state index contributed by atoms with van der Waals surface area (Å²) in [6.45, 7) is -0.250. The summed E-state index contributed by atoms with van der Waals surface area (Å²) in [6, 6.07) is 1.44. The smallest absolute Gasteiger partial charge is 0.376 e. The average Bonchev–Trinajstić information content (AvgIpc) is 2.77. The lowest BCUT2D eigenvalue weighted by atomic mass is 9.39. The minimum Gasteiger partial charge on any atom is -0.376 e. The van der Waals surface area contributed by atoms with E-state index in [0.717, 1.165) is 11.0 Å². The first-order chi connectivity index (χ1) is 12.4. The summed E-state index contributed by atoms with van der Waals surface area (Å²) in [5.74, 6) is -0.219. The van der Waals surface area contributed by atoms with Crippen LogP contribution in [0.3, 0.4) is 0 Å². The van der Waals surface area contributed by atoms with Crippen LogP contribution in [0.25, 0.3) is 0 Å². The molecule has 2 heterocycles. The molecular weight excluding hydrogens is 391 g/mol. The van der Waals surface area contributed by atoms with Crippen LogP contribution in [0.15, 0.2) is 12.1 Å². The lowest BCUT2D eigenvalue weighted by Gasteiger charge is -2.33. The fourth-order valence-electron chi connectivity index (χ4n) is 3.77. The first kappa shape index (κ1) is 19.5. The Morgan fingerprint density at radius 2 is 1.89 bits per heavy atom. The van der Waals surface area contributed by atoms with Gasteiger partial charge in [0.2, 0.25) is 5.91 Å². The van der Waals surface area contributed by atoms with Crippen molar-refractivity contribution in [3.05, 3.63) is 23.5 Å². The Kier molecular flexibility index (Phi) is 4.41. The van der Waals surface area contributed by atoms with Crippen LogP contribution in [0.5, 0.6) is 5.75 Å². The second-order valence-corrected chi connectivity index (χ2v) is 8.17. The molecule has 1 fully saturated rings. The number of rotatable bonds is 2. The standard InChI is InChI=1S/C15H13BF4N2O4S/c1-22-11-7-9(26-27(24,25)15(18,19)20)6-10(17)12(11)14(13(22)23)2-4-16(8-21)5-3-14/h6-7H,2-5H2,1H3. The monoisotopic (exact) mass is 404 g/mol. The van der Waals surface area contributed by atoms with Gasteiger partial charge in [-0.1, -0.05) is 12.6 Å². The van der Waals surface area contributed by atoms with Crippen molar-refractivity contribution >= 4 is 28.4 Å². The van der Waals surface area contributed by atoms with Crippen molar-refractivity contribution in [1.29, 1.82) is 5.26 Å². The number of anilines is 1. The Bertz CT molecular complexity index is 950. The molecule has 1 spiro atoms. The third-order valence-corrected chi connectivity index (χ3v) is 6.09. The zero-order valence-electron chi connectivity index (χ0n) is 14.0. The Morgan fingerprint density at radius 3 is 2.41 bits per heavy atom. The number of carbonyl (C=O) groups is 1. The molecule has 1 aromatic carbocycles. The molecule has 0 N–H and O–H groups in total. The molecule has 3 rings (SSSR count). The summed E-state index contributed by atoms with van der Waals surface area (Å²) in [5.41, 5.74) is -6.91. The van der Waals surface area contributed by atoms with E-state index in [4.69, 9.17) is 5.26 Å². The van der Waals surface area contributed by atoms with Gasteiger partial charge in [-0.05, 0) is 12.8 Å². The molecule has 0 saturated carbocycles. The van der Waals surface area contributed by atoms with Crippen molar-refractivity contribution in [2.24, 2.45) is 0 Å². The molecule has 12 heteroatoms. The highest BCUT2D eigenvalue weighted by Crippen LogP contribution is 2.52. The van der Waals surface area contributed by atoms with Gasteiger partial charge in [-0.2, -0.15) is 21.6 Å². The van der Waals surface area contributed by atoms with Crippen molar-refractivity contribution in [2.45, 2.75) is 36.4 Å². The van der Waals surface area contributed by atoms with Crippen LogP contribution in [0.4, 0.5) is 23.2 Å². The molecule has 0 aromatic heterocycles. The largest absolute Gasteiger partial charge is 0.534 e. The van der Waals surface area contributed by atoms with Gasteiger partial charge < -0.3 is 9.08 Å². The molecular formula is C15H13BF4N2O4S. The van der Waals surface area contributed by atoms with Crippen LogP contribution in [-0.4, -0.2) is 33.6 Å². The van der Waals surface area contributed by atoms with Crippen molar-refractivity contribution in [2.75, 3.05) is 11.9 Å². The number of fused-ring (bicyclic) bond motifs is 2. The maximum absolute atomic E-state index is 14.8. The lowest BCUT2D eigenvalue weighted by Crippen LogP contribution is -2.43. The van der Waals surface area contributed by atoms with Crippen LogP contribution in [-0.2, 0) is 20.3 Å². The predicted molar refractivity (Wildman–Crippen MR) is 87.3 cm³/mol. The summed E-state index contributed by atoms with van der Waals surface area (Å²) in [7, 11) is -4.64. The lowest BCUT2D eigenvalue weighted by molar-refractivity contribution is -0.123. The molecule has 1 saturated heterocycles. The van der Waals surface area contributed by atoms with Gasteiger partial charge in [0.05, 0.1) is 11.1 Å². The van der Waals surface area contributed by atoms with Gasteiger partial charge in [-0.3, -0.25) is 4.79 Å². The number of carbonyl (C=O) groups excluding carboxylic acids is 1. The Balaban J connectivity index is 2.04. The minimum absolute atomic E-state index is 0.00291. The molecule has 0 unspecified atom stereocenters. The molecule has 0 atom stereocenters. The summed E-state index contributed by atoms with van der Waals surface area (Å²) in [4.78, 5) is 13.9. The van der Waals surface area contributed by atoms with Crippen LogP contribution < -0.4 is 9.08 Å². The van der Waals surface area contributed by atoms with E-state index in [-0.39, 0.29) is 30.8 Å². The molecule has 1 aromatic rings. The number of nitriles is 1. The molecule has 0 aliphatic carbocycles. The Labute approximate surface area is 152 Å². The highest BCUT2D eigenvalue weighted by molar-refractivity contribution is 7.88. The van der Waals surface area contributed by atoms with Crippen molar-refractivity contribution < 1.29 is 35.0 Å². The third-order valence-electron chi connectivity index (χ3n) is 5.11. The maximum atomic E-state index is 14.8. The number of hydrogen-bond donors (Lipinski definition) is 0. The van der Waals surface area contributed by atoms with Crippen LogP contribution in [0, 0.1) is 17.0 Å². The van der Waals surface area contributed by atoms with E-state index in [9.17, 15) is 30.8 Å². The van der Waals surface area contributed by atoms with E-state index in [1.165, 1.54) is 7.05 Å². The van der Waals surface area contributed by atoms with Crippen molar-refractivity contribution in [3.8, 4) is 11.7 Å². The SMILES string of the molecule is CN1C(=O)C2(CCB(C#N)CC2)c2c(F)cc(OS(=O)(=O)C(F)(F)F)cc21. The summed E-state index contributed by atoms with van der Waals surface area (Å²) >= 11 is 0. The van der Waals surface area contributed by atoms with Gasteiger partial charge in [0.25, 0.3) is 6.71 Å². The number of likely N-dealkylation sites (N-methyl/N-ethyl adjacent to an activating group) is 1. The first-order valence-electron chi connectivity index (χ1n) is 7.95. The van der Waals surface area contributed by atoms with E-state index < -0.39 is 38.5 Å². The molecule has 2 aliphatic rings. The van der Waals surface area contributed by atoms with Gasteiger partial charge in [0.1, 0.15) is 11.6 Å².